The number of fused-ring (bicyclic) bond motifs is 1. The van der Waals surface area contributed by atoms with Crippen LogP contribution in [0.15, 0.2) is 48.5 Å². The van der Waals surface area contributed by atoms with E-state index in [1.807, 2.05) is 48.5 Å². The first-order valence-corrected chi connectivity index (χ1v) is 6.39. The molecule has 1 aliphatic heterocycles. The Morgan fingerprint density at radius 2 is 1.63 bits per heavy atom. The van der Waals surface area contributed by atoms with Crippen molar-refractivity contribution in [2.75, 3.05) is 0 Å². The summed E-state index contributed by atoms with van der Waals surface area (Å²) in [4.78, 5) is 0. The van der Waals surface area contributed by atoms with Gasteiger partial charge in [0.2, 0.25) is 0 Å². The van der Waals surface area contributed by atoms with Gasteiger partial charge in [0, 0.05) is 28.6 Å². The Hall–Kier alpha value is -1.22. The number of rotatable bonds is 1. The molecule has 2 unspecified atom stereocenters. The van der Waals surface area contributed by atoms with E-state index in [0.717, 1.165) is 28.3 Å². The Kier molecular flexibility index (Phi) is 4.35. The van der Waals surface area contributed by atoms with Crippen molar-refractivity contribution in [2.45, 2.75) is 18.6 Å². The van der Waals surface area contributed by atoms with Crippen LogP contribution in [-0.2, 0) is 0 Å². The largest absolute Gasteiger partial charge is 0.485 e. The van der Waals surface area contributed by atoms with E-state index in [1.165, 1.54) is 0 Å². The summed E-state index contributed by atoms with van der Waals surface area (Å²) in [5.41, 5.74) is 8.28. The summed E-state index contributed by atoms with van der Waals surface area (Å²) in [6.07, 6.45) is 0.685. The van der Waals surface area contributed by atoms with Gasteiger partial charge in [0.25, 0.3) is 0 Å². The summed E-state index contributed by atoms with van der Waals surface area (Å²) in [6, 6.07) is 15.7. The van der Waals surface area contributed by atoms with Gasteiger partial charge in [-0.05, 0) is 12.1 Å². The molecule has 4 heteroatoms. The lowest BCUT2D eigenvalue weighted by Gasteiger charge is -2.30. The molecule has 1 heterocycles. The standard InChI is InChI=1S/C15H14ClNO.ClH/c16-12-7-3-1-5-10(12)15-9-13(17)11-6-2-4-8-14(11)18-15;/h1-8,13,15H,9,17H2;1H. The molecule has 0 saturated carbocycles. The molecule has 19 heavy (non-hydrogen) atoms. The van der Waals surface area contributed by atoms with Gasteiger partial charge in [-0.2, -0.15) is 0 Å². The first-order valence-electron chi connectivity index (χ1n) is 6.01. The highest BCUT2D eigenvalue weighted by atomic mass is 35.5. The number of hydrogen-bond donors (Lipinski definition) is 1. The minimum Gasteiger partial charge on any atom is -0.485 e. The van der Waals surface area contributed by atoms with Gasteiger partial charge in [0.15, 0.2) is 0 Å². The van der Waals surface area contributed by atoms with Gasteiger partial charge >= 0.3 is 0 Å². The molecule has 2 aromatic rings. The smallest absolute Gasteiger partial charge is 0.127 e. The molecule has 0 radical (unpaired) electrons. The minimum absolute atomic E-state index is 0. The third kappa shape index (κ3) is 2.71. The lowest BCUT2D eigenvalue weighted by molar-refractivity contribution is 0.161. The van der Waals surface area contributed by atoms with Crippen LogP contribution in [0.3, 0.4) is 0 Å². The quantitative estimate of drug-likeness (QED) is 0.852. The molecular formula is C15H15Cl2NO. The van der Waals surface area contributed by atoms with Crippen LogP contribution in [0.25, 0.3) is 0 Å². The Balaban J connectivity index is 0.00000133. The van der Waals surface area contributed by atoms with E-state index in [-0.39, 0.29) is 24.6 Å². The topological polar surface area (TPSA) is 35.2 Å². The highest BCUT2D eigenvalue weighted by Crippen LogP contribution is 2.40. The van der Waals surface area contributed by atoms with E-state index in [1.54, 1.807) is 0 Å². The Labute approximate surface area is 123 Å². The lowest BCUT2D eigenvalue weighted by Crippen LogP contribution is -2.24. The fourth-order valence-electron chi connectivity index (χ4n) is 2.38. The molecule has 2 N–H and O–H groups in total. The van der Waals surface area contributed by atoms with Crippen molar-refractivity contribution in [3.63, 3.8) is 0 Å². The van der Waals surface area contributed by atoms with Gasteiger partial charge in [-0.3, -0.25) is 0 Å². The Bertz CT molecular complexity index is 574. The molecule has 3 rings (SSSR count). The maximum Gasteiger partial charge on any atom is 0.127 e. The van der Waals surface area contributed by atoms with Crippen molar-refractivity contribution in [1.29, 1.82) is 0 Å². The fourth-order valence-corrected chi connectivity index (χ4v) is 2.64. The van der Waals surface area contributed by atoms with E-state index >= 15 is 0 Å². The SMILES string of the molecule is Cl.NC1CC(c2ccccc2Cl)Oc2ccccc21. The third-order valence-corrected chi connectivity index (χ3v) is 3.65. The van der Waals surface area contributed by atoms with Crippen LogP contribution in [0.5, 0.6) is 5.75 Å². The first kappa shape index (κ1) is 14.2. The summed E-state index contributed by atoms with van der Waals surface area (Å²) >= 11 is 6.21. The zero-order chi connectivity index (χ0) is 12.5. The summed E-state index contributed by atoms with van der Waals surface area (Å²) in [5.74, 6) is 0.862. The predicted molar refractivity (Wildman–Crippen MR) is 80.1 cm³/mol. The number of ether oxygens (including phenoxy) is 1. The van der Waals surface area contributed by atoms with Gasteiger partial charge < -0.3 is 10.5 Å². The third-order valence-electron chi connectivity index (χ3n) is 3.31. The van der Waals surface area contributed by atoms with Gasteiger partial charge in [-0.15, -0.1) is 12.4 Å². The maximum absolute atomic E-state index is 6.21. The van der Waals surface area contributed by atoms with E-state index in [2.05, 4.69) is 0 Å². The number of para-hydroxylation sites is 1. The molecule has 0 saturated heterocycles. The minimum atomic E-state index is -0.0661. The zero-order valence-corrected chi connectivity index (χ0v) is 11.8. The number of halogens is 2. The van der Waals surface area contributed by atoms with Gasteiger partial charge in [0.05, 0.1) is 0 Å². The zero-order valence-electron chi connectivity index (χ0n) is 10.3. The highest BCUT2D eigenvalue weighted by molar-refractivity contribution is 6.31. The molecule has 100 valence electrons. The second-order valence-corrected chi connectivity index (χ2v) is 4.92. The lowest BCUT2D eigenvalue weighted by atomic mass is 9.94. The molecule has 2 atom stereocenters. The van der Waals surface area contributed by atoms with Crippen molar-refractivity contribution in [3.05, 3.63) is 64.7 Å². The van der Waals surface area contributed by atoms with Crippen LogP contribution in [0.4, 0.5) is 0 Å². The summed E-state index contributed by atoms with van der Waals surface area (Å²) in [5, 5.41) is 0.731. The molecule has 0 aliphatic carbocycles. The van der Waals surface area contributed by atoms with Crippen LogP contribution >= 0.6 is 24.0 Å². The van der Waals surface area contributed by atoms with E-state index in [4.69, 9.17) is 22.1 Å². The fraction of sp³-hybridized carbons (Fsp3) is 0.200. The van der Waals surface area contributed by atoms with Crippen LogP contribution in [0.1, 0.15) is 29.7 Å². The van der Waals surface area contributed by atoms with Crippen molar-refractivity contribution < 1.29 is 4.74 Å². The summed E-state index contributed by atoms with van der Waals surface area (Å²) < 4.78 is 6.00. The Morgan fingerprint density at radius 3 is 2.37 bits per heavy atom. The predicted octanol–water partition coefficient (Wildman–Crippen LogP) is 4.29. The normalized spacial score (nSPS) is 20.9. The molecule has 0 bridgehead atoms. The summed E-state index contributed by atoms with van der Waals surface area (Å²) in [6.45, 7) is 0. The summed E-state index contributed by atoms with van der Waals surface area (Å²) in [7, 11) is 0. The number of benzene rings is 2. The second-order valence-electron chi connectivity index (χ2n) is 4.51. The molecule has 0 fully saturated rings. The molecule has 0 aromatic heterocycles. The molecule has 0 amide bonds. The van der Waals surface area contributed by atoms with Gasteiger partial charge in [0.1, 0.15) is 11.9 Å². The van der Waals surface area contributed by atoms with Crippen LogP contribution in [-0.4, -0.2) is 0 Å². The van der Waals surface area contributed by atoms with E-state index in [0.29, 0.717) is 0 Å². The second kappa shape index (κ2) is 5.83. The highest BCUT2D eigenvalue weighted by Gasteiger charge is 2.27. The van der Waals surface area contributed by atoms with Gasteiger partial charge in [-0.25, -0.2) is 0 Å². The molecule has 2 nitrogen and oxygen atoms in total. The van der Waals surface area contributed by atoms with Crippen molar-refractivity contribution >= 4 is 24.0 Å². The van der Waals surface area contributed by atoms with E-state index < -0.39 is 0 Å². The number of nitrogens with two attached hydrogens (primary N) is 1. The van der Waals surface area contributed by atoms with Crippen LogP contribution in [0, 0.1) is 0 Å². The van der Waals surface area contributed by atoms with E-state index in [9.17, 15) is 0 Å². The average molecular weight is 296 g/mol. The van der Waals surface area contributed by atoms with Crippen LogP contribution in [0.2, 0.25) is 5.02 Å². The average Bonchev–Trinajstić information content (AvgIpc) is 2.39. The molecule has 0 spiro atoms. The number of hydrogen-bond acceptors (Lipinski definition) is 2. The maximum atomic E-state index is 6.21. The van der Waals surface area contributed by atoms with Gasteiger partial charge in [-0.1, -0.05) is 48.0 Å². The first-order chi connectivity index (χ1) is 8.75. The Morgan fingerprint density at radius 1 is 1.00 bits per heavy atom. The molecule has 2 aromatic carbocycles. The van der Waals surface area contributed by atoms with Crippen molar-refractivity contribution in [3.8, 4) is 5.75 Å². The monoisotopic (exact) mass is 295 g/mol. The van der Waals surface area contributed by atoms with Crippen molar-refractivity contribution in [2.24, 2.45) is 5.73 Å². The molecule has 1 aliphatic rings. The van der Waals surface area contributed by atoms with Crippen molar-refractivity contribution in [1.82, 2.24) is 0 Å². The van der Waals surface area contributed by atoms with Crippen LogP contribution < -0.4 is 10.5 Å². The molecular weight excluding hydrogens is 281 g/mol.